The molecule has 0 heterocycles. The van der Waals surface area contributed by atoms with Crippen LogP contribution in [0.1, 0.15) is 12.0 Å². The van der Waals surface area contributed by atoms with E-state index in [-0.39, 0.29) is 12.5 Å². The van der Waals surface area contributed by atoms with Crippen LogP contribution < -0.4 is 15.8 Å². The highest BCUT2D eigenvalue weighted by molar-refractivity contribution is 5.77. The third-order valence-corrected chi connectivity index (χ3v) is 2.38. The number of carbonyl (C=O) groups excluding carboxylic acids is 1. The second-order valence-electron chi connectivity index (χ2n) is 3.83. The van der Waals surface area contributed by atoms with Crippen LogP contribution in [0.4, 0.5) is 0 Å². The number of ether oxygens (including phenoxy) is 2. The van der Waals surface area contributed by atoms with Crippen molar-refractivity contribution in [2.75, 3.05) is 26.9 Å². The number of nitrogens with one attached hydrogen (secondary N) is 1. The number of hydrogen-bond donors (Lipinski definition) is 2. The summed E-state index contributed by atoms with van der Waals surface area (Å²) >= 11 is 0. The largest absolute Gasteiger partial charge is 0.484 e. The summed E-state index contributed by atoms with van der Waals surface area (Å²) in [6.07, 6.45) is 0.799. The summed E-state index contributed by atoms with van der Waals surface area (Å²) in [7, 11) is 1.63. The first-order valence-corrected chi connectivity index (χ1v) is 5.93. The van der Waals surface area contributed by atoms with Crippen LogP contribution in [0.25, 0.3) is 0 Å². The molecule has 0 spiro atoms. The van der Waals surface area contributed by atoms with Gasteiger partial charge in [-0.15, -0.1) is 0 Å². The molecule has 1 rings (SSSR count). The van der Waals surface area contributed by atoms with Gasteiger partial charge in [0.2, 0.25) is 0 Å². The average molecular weight is 252 g/mol. The van der Waals surface area contributed by atoms with E-state index >= 15 is 0 Å². The van der Waals surface area contributed by atoms with E-state index in [0.29, 0.717) is 25.4 Å². The molecule has 0 aromatic heterocycles. The maximum Gasteiger partial charge on any atom is 0.257 e. The summed E-state index contributed by atoms with van der Waals surface area (Å²) < 4.78 is 10.2. The number of carbonyl (C=O) groups is 1. The smallest absolute Gasteiger partial charge is 0.257 e. The maximum atomic E-state index is 11.4. The highest BCUT2D eigenvalue weighted by atomic mass is 16.5. The van der Waals surface area contributed by atoms with Crippen molar-refractivity contribution in [3.8, 4) is 5.75 Å². The van der Waals surface area contributed by atoms with Gasteiger partial charge in [0.25, 0.3) is 5.91 Å². The Morgan fingerprint density at radius 1 is 1.33 bits per heavy atom. The molecule has 0 aliphatic rings. The van der Waals surface area contributed by atoms with Gasteiger partial charge in [-0.1, -0.05) is 12.1 Å². The monoisotopic (exact) mass is 252 g/mol. The Hall–Kier alpha value is -1.59. The Morgan fingerprint density at radius 3 is 2.67 bits per heavy atom. The molecule has 5 heteroatoms. The molecule has 1 amide bonds. The fourth-order valence-electron chi connectivity index (χ4n) is 1.37. The highest BCUT2D eigenvalue weighted by Crippen LogP contribution is 2.11. The van der Waals surface area contributed by atoms with Crippen molar-refractivity contribution < 1.29 is 14.3 Å². The zero-order chi connectivity index (χ0) is 13.2. The number of benzene rings is 1. The summed E-state index contributed by atoms with van der Waals surface area (Å²) in [6, 6.07) is 7.37. The van der Waals surface area contributed by atoms with Gasteiger partial charge in [0.1, 0.15) is 5.75 Å². The van der Waals surface area contributed by atoms with Crippen molar-refractivity contribution in [3.05, 3.63) is 29.8 Å². The van der Waals surface area contributed by atoms with Crippen LogP contribution in [0.15, 0.2) is 24.3 Å². The van der Waals surface area contributed by atoms with Gasteiger partial charge >= 0.3 is 0 Å². The van der Waals surface area contributed by atoms with E-state index in [1.807, 2.05) is 12.1 Å². The predicted octanol–water partition coefficient (Wildman–Crippen LogP) is 0.677. The van der Waals surface area contributed by atoms with Crippen molar-refractivity contribution in [3.63, 3.8) is 0 Å². The number of methoxy groups -OCH3 is 1. The van der Waals surface area contributed by atoms with Crippen LogP contribution in [-0.2, 0) is 16.1 Å². The minimum absolute atomic E-state index is 0.0228. The lowest BCUT2D eigenvalue weighted by atomic mass is 10.2. The number of hydrogen-bond acceptors (Lipinski definition) is 4. The Labute approximate surface area is 107 Å². The first-order chi connectivity index (χ1) is 8.76. The van der Waals surface area contributed by atoms with Crippen molar-refractivity contribution >= 4 is 5.91 Å². The Morgan fingerprint density at radius 2 is 2.06 bits per heavy atom. The Bertz CT molecular complexity index is 352. The second-order valence-corrected chi connectivity index (χ2v) is 3.83. The molecular weight excluding hydrogens is 232 g/mol. The van der Waals surface area contributed by atoms with E-state index in [9.17, 15) is 4.79 Å². The summed E-state index contributed by atoms with van der Waals surface area (Å²) in [5, 5.41) is 2.75. The SMILES string of the molecule is COCCCNC(=O)COc1ccc(CN)cc1. The van der Waals surface area contributed by atoms with Crippen molar-refractivity contribution in [2.24, 2.45) is 5.73 Å². The minimum atomic E-state index is -0.131. The number of rotatable bonds is 8. The first kappa shape index (κ1) is 14.5. The van der Waals surface area contributed by atoms with E-state index in [1.165, 1.54) is 0 Å². The molecular formula is C13H20N2O3. The lowest BCUT2D eigenvalue weighted by Gasteiger charge is -2.07. The molecule has 0 fully saturated rings. The zero-order valence-electron chi connectivity index (χ0n) is 10.6. The Kier molecular flexibility index (Phi) is 6.83. The molecule has 0 bridgehead atoms. The molecule has 0 aliphatic heterocycles. The van der Waals surface area contributed by atoms with Crippen molar-refractivity contribution in [1.29, 1.82) is 0 Å². The fraction of sp³-hybridized carbons (Fsp3) is 0.462. The molecule has 18 heavy (non-hydrogen) atoms. The molecule has 0 saturated carbocycles. The average Bonchev–Trinajstić information content (AvgIpc) is 2.42. The first-order valence-electron chi connectivity index (χ1n) is 5.93. The van der Waals surface area contributed by atoms with E-state index < -0.39 is 0 Å². The molecule has 0 radical (unpaired) electrons. The molecule has 1 aromatic rings. The van der Waals surface area contributed by atoms with Gasteiger partial charge < -0.3 is 20.5 Å². The summed E-state index contributed by atoms with van der Waals surface area (Å²) in [5.41, 5.74) is 6.52. The molecule has 0 unspecified atom stereocenters. The van der Waals surface area contributed by atoms with Gasteiger partial charge in [-0.25, -0.2) is 0 Å². The maximum absolute atomic E-state index is 11.4. The minimum Gasteiger partial charge on any atom is -0.484 e. The molecule has 0 saturated heterocycles. The van der Waals surface area contributed by atoms with E-state index in [1.54, 1.807) is 19.2 Å². The lowest BCUT2D eigenvalue weighted by Crippen LogP contribution is -2.30. The molecule has 0 atom stereocenters. The third kappa shape index (κ3) is 5.65. The number of amides is 1. The van der Waals surface area contributed by atoms with Crippen LogP contribution in [0.3, 0.4) is 0 Å². The summed E-state index contributed by atoms with van der Waals surface area (Å²) in [4.78, 5) is 11.4. The van der Waals surface area contributed by atoms with Crippen LogP contribution >= 0.6 is 0 Å². The summed E-state index contributed by atoms with van der Waals surface area (Å²) in [6.45, 7) is 1.76. The van der Waals surface area contributed by atoms with Gasteiger partial charge in [0.15, 0.2) is 6.61 Å². The molecule has 100 valence electrons. The standard InChI is InChI=1S/C13H20N2O3/c1-17-8-2-7-15-13(16)10-18-12-5-3-11(9-14)4-6-12/h3-6H,2,7-10,14H2,1H3,(H,15,16). The normalized spacial score (nSPS) is 10.1. The van der Waals surface area contributed by atoms with Crippen molar-refractivity contribution in [1.82, 2.24) is 5.32 Å². The fourth-order valence-corrected chi connectivity index (χ4v) is 1.37. The van der Waals surface area contributed by atoms with Gasteiger partial charge in [0, 0.05) is 26.8 Å². The molecule has 1 aromatic carbocycles. The topological polar surface area (TPSA) is 73.6 Å². The van der Waals surface area contributed by atoms with Crippen LogP contribution in [0.5, 0.6) is 5.75 Å². The molecule has 5 nitrogen and oxygen atoms in total. The predicted molar refractivity (Wildman–Crippen MR) is 69.3 cm³/mol. The van der Waals surface area contributed by atoms with Gasteiger partial charge in [0.05, 0.1) is 0 Å². The Balaban J connectivity index is 2.20. The van der Waals surface area contributed by atoms with Crippen LogP contribution in [0, 0.1) is 0 Å². The van der Waals surface area contributed by atoms with Gasteiger partial charge in [-0.05, 0) is 24.1 Å². The summed E-state index contributed by atoms with van der Waals surface area (Å²) in [5.74, 6) is 0.535. The zero-order valence-corrected chi connectivity index (χ0v) is 10.6. The van der Waals surface area contributed by atoms with Crippen molar-refractivity contribution in [2.45, 2.75) is 13.0 Å². The third-order valence-electron chi connectivity index (χ3n) is 2.38. The van der Waals surface area contributed by atoms with Gasteiger partial charge in [-0.3, -0.25) is 4.79 Å². The van der Waals surface area contributed by atoms with Crippen LogP contribution in [0.2, 0.25) is 0 Å². The lowest BCUT2D eigenvalue weighted by molar-refractivity contribution is -0.123. The van der Waals surface area contributed by atoms with E-state index in [0.717, 1.165) is 12.0 Å². The van der Waals surface area contributed by atoms with E-state index in [2.05, 4.69) is 5.32 Å². The molecule has 3 N–H and O–H groups in total. The molecule has 0 aliphatic carbocycles. The quantitative estimate of drug-likeness (QED) is 0.667. The van der Waals surface area contributed by atoms with E-state index in [4.69, 9.17) is 15.2 Å². The number of nitrogens with two attached hydrogens (primary N) is 1. The van der Waals surface area contributed by atoms with Crippen LogP contribution in [-0.4, -0.2) is 32.8 Å². The second kappa shape index (κ2) is 8.49. The van der Waals surface area contributed by atoms with Gasteiger partial charge in [-0.2, -0.15) is 0 Å². The highest BCUT2D eigenvalue weighted by Gasteiger charge is 2.01.